The van der Waals surface area contributed by atoms with Gasteiger partial charge in [0.25, 0.3) is 0 Å². The Hall–Kier alpha value is -2.20. The van der Waals surface area contributed by atoms with Crippen molar-refractivity contribution in [3.63, 3.8) is 0 Å². The predicted molar refractivity (Wildman–Crippen MR) is 97.6 cm³/mol. The van der Waals surface area contributed by atoms with Gasteiger partial charge >= 0.3 is 0 Å². The third-order valence-electron chi connectivity index (χ3n) is 5.58. The van der Waals surface area contributed by atoms with Gasteiger partial charge in [-0.3, -0.25) is 4.90 Å². The lowest BCUT2D eigenvalue weighted by Crippen LogP contribution is -2.39. The summed E-state index contributed by atoms with van der Waals surface area (Å²) in [6.07, 6.45) is 3.34. The third-order valence-corrected chi connectivity index (χ3v) is 5.58. The zero-order valence-corrected chi connectivity index (χ0v) is 15.2. The van der Waals surface area contributed by atoms with Crippen LogP contribution in [0.1, 0.15) is 28.7 Å². The summed E-state index contributed by atoms with van der Waals surface area (Å²) in [5, 5.41) is 0. The third kappa shape index (κ3) is 2.95. The molecule has 4 heteroatoms. The number of benzene rings is 2. The van der Waals surface area contributed by atoms with Crippen LogP contribution in [0, 0.1) is 0 Å². The molecule has 0 aromatic heterocycles. The second kappa shape index (κ2) is 6.60. The standard InChI is InChI=1S/C21H25NO3/c1-23-19-7-5-15-12-22-13-17-11-21(25-3)20(24-2)10-14(17)4-6-18(22)8-16(15)9-19/h5,7,9-11,18H,4,6,8,12-13H2,1-3H3. The highest BCUT2D eigenvalue weighted by molar-refractivity contribution is 5.48. The fraction of sp³-hybridized carbons (Fsp3) is 0.429. The van der Waals surface area contributed by atoms with Gasteiger partial charge in [0.05, 0.1) is 21.3 Å². The van der Waals surface area contributed by atoms with E-state index in [4.69, 9.17) is 14.2 Å². The van der Waals surface area contributed by atoms with Crippen LogP contribution in [0.5, 0.6) is 17.2 Å². The Morgan fingerprint density at radius 2 is 1.52 bits per heavy atom. The van der Waals surface area contributed by atoms with Crippen LogP contribution in [-0.4, -0.2) is 32.3 Å². The normalized spacial score (nSPS) is 19.2. The lowest BCUT2D eigenvalue weighted by Gasteiger charge is -2.36. The molecule has 0 radical (unpaired) electrons. The maximum Gasteiger partial charge on any atom is 0.161 e. The molecule has 0 fully saturated rings. The Morgan fingerprint density at radius 1 is 0.800 bits per heavy atom. The first-order valence-electron chi connectivity index (χ1n) is 8.85. The number of hydrogen-bond acceptors (Lipinski definition) is 4. The van der Waals surface area contributed by atoms with Crippen molar-refractivity contribution in [2.24, 2.45) is 0 Å². The van der Waals surface area contributed by atoms with E-state index in [1.807, 2.05) is 0 Å². The molecule has 2 heterocycles. The molecule has 0 saturated carbocycles. The predicted octanol–water partition coefficient (Wildman–Crippen LogP) is 3.59. The summed E-state index contributed by atoms with van der Waals surface area (Å²) in [5.41, 5.74) is 5.59. The van der Waals surface area contributed by atoms with Crippen LogP contribution in [0.25, 0.3) is 0 Å². The molecule has 4 rings (SSSR count). The van der Waals surface area contributed by atoms with Gasteiger partial charge in [0.2, 0.25) is 0 Å². The van der Waals surface area contributed by atoms with Gasteiger partial charge in [-0.2, -0.15) is 0 Å². The summed E-state index contributed by atoms with van der Waals surface area (Å²) in [6, 6.07) is 11.4. The SMILES string of the molecule is COc1ccc2c(c1)CC1CCc3cc(OC)c(OC)cc3CN1C2. The van der Waals surface area contributed by atoms with E-state index in [9.17, 15) is 0 Å². The zero-order chi connectivity index (χ0) is 17.4. The number of aryl methyl sites for hydroxylation is 1. The molecular weight excluding hydrogens is 314 g/mol. The van der Waals surface area contributed by atoms with E-state index in [1.54, 1.807) is 21.3 Å². The van der Waals surface area contributed by atoms with Crippen molar-refractivity contribution in [2.45, 2.75) is 38.4 Å². The second-order valence-corrected chi connectivity index (χ2v) is 6.91. The molecule has 0 N–H and O–H groups in total. The van der Waals surface area contributed by atoms with Crippen LogP contribution < -0.4 is 14.2 Å². The highest BCUT2D eigenvalue weighted by atomic mass is 16.5. The van der Waals surface area contributed by atoms with Crippen LogP contribution >= 0.6 is 0 Å². The highest BCUT2D eigenvalue weighted by Crippen LogP contribution is 2.37. The van der Waals surface area contributed by atoms with Crippen molar-refractivity contribution >= 4 is 0 Å². The Morgan fingerprint density at radius 3 is 2.24 bits per heavy atom. The van der Waals surface area contributed by atoms with Gasteiger partial charge in [0, 0.05) is 19.1 Å². The molecule has 2 aliphatic heterocycles. The van der Waals surface area contributed by atoms with E-state index < -0.39 is 0 Å². The van der Waals surface area contributed by atoms with Crippen LogP contribution in [-0.2, 0) is 25.9 Å². The monoisotopic (exact) mass is 339 g/mol. The van der Waals surface area contributed by atoms with E-state index in [1.165, 1.54) is 28.7 Å². The van der Waals surface area contributed by atoms with E-state index in [0.717, 1.165) is 43.2 Å². The fourth-order valence-electron chi connectivity index (χ4n) is 4.16. The molecule has 132 valence electrons. The molecule has 25 heavy (non-hydrogen) atoms. The number of nitrogens with zero attached hydrogens (tertiary/aromatic N) is 1. The van der Waals surface area contributed by atoms with Gasteiger partial charge in [-0.05, 0) is 65.8 Å². The summed E-state index contributed by atoms with van der Waals surface area (Å²) < 4.78 is 16.4. The molecule has 0 saturated heterocycles. The van der Waals surface area contributed by atoms with Gasteiger partial charge in [0.1, 0.15) is 5.75 Å². The molecule has 1 unspecified atom stereocenters. The van der Waals surface area contributed by atoms with Crippen LogP contribution in [0.15, 0.2) is 30.3 Å². The highest BCUT2D eigenvalue weighted by Gasteiger charge is 2.29. The van der Waals surface area contributed by atoms with Crippen molar-refractivity contribution < 1.29 is 14.2 Å². The summed E-state index contributed by atoms with van der Waals surface area (Å²) in [7, 11) is 5.14. The summed E-state index contributed by atoms with van der Waals surface area (Å²) in [4.78, 5) is 2.60. The number of methoxy groups -OCH3 is 3. The molecule has 0 bridgehead atoms. The first-order chi connectivity index (χ1) is 12.2. The number of hydrogen-bond donors (Lipinski definition) is 0. The van der Waals surface area contributed by atoms with E-state index >= 15 is 0 Å². The Bertz CT molecular complexity index is 787. The molecule has 2 aliphatic rings. The van der Waals surface area contributed by atoms with Gasteiger partial charge in [-0.25, -0.2) is 0 Å². The number of fused-ring (bicyclic) bond motifs is 3. The van der Waals surface area contributed by atoms with Crippen molar-refractivity contribution in [2.75, 3.05) is 21.3 Å². The van der Waals surface area contributed by atoms with Crippen LogP contribution in [0.2, 0.25) is 0 Å². The summed E-state index contributed by atoms with van der Waals surface area (Å²) >= 11 is 0. The van der Waals surface area contributed by atoms with E-state index in [2.05, 4.69) is 35.2 Å². The van der Waals surface area contributed by atoms with E-state index in [-0.39, 0.29) is 0 Å². The molecule has 4 nitrogen and oxygen atoms in total. The largest absolute Gasteiger partial charge is 0.497 e. The molecule has 0 spiro atoms. The van der Waals surface area contributed by atoms with Crippen molar-refractivity contribution in [3.8, 4) is 17.2 Å². The van der Waals surface area contributed by atoms with Crippen molar-refractivity contribution in [3.05, 3.63) is 52.6 Å². The zero-order valence-electron chi connectivity index (χ0n) is 15.2. The minimum atomic E-state index is 0.573. The van der Waals surface area contributed by atoms with Crippen LogP contribution in [0.4, 0.5) is 0 Å². The Kier molecular flexibility index (Phi) is 4.30. The molecule has 1 atom stereocenters. The lowest BCUT2D eigenvalue weighted by molar-refractivity contribution is 0.160. The Labute approximate surface area is 149 Å². The average Bonchev–Trinajstić information content (AvgIpc) is 2.82. The molecule has 2 aromatic carbocycles. The first kappa shape index (κ1) is 16.3. The number of ether oxygens (including phenoxy) is 3. The smallest absolute Gasteiger partial charge is 0.161 e. The molecule has 0 amide bonds. The minimum absolute atomic E-state index is 0.573. The maximum atomic E-state index is 5.50. The first-order valence-corrected chi connectivity index (χ1v) is 8.85. The maximum absolute atomic E-state index is 5.50. The quantitative estimate of drug-likeness (QED) is 0.855. The minimum Gasteiger partial charge on any atom is -0.497 e. The molecule has 0 aliphatic carbocycles. The summed E-state index contributed by atoms with van der Waals surface area (Å²) in [5.74, 6) is 2.61. The van der Waals surface area contributed by atoms with Crippen LogP contribution in [0.3, 0.4) is 0 Å². The number of rotatable bonds is 3. The Balaban J connectivity index is 1.65. The van der Waals surface area contributed by atoms with Gasteiger partial charge in [-0.1, -0.05) is 6.07 Å². The second-order valence-electron chi connectivity index (χ2n) is 6.91. The average molecular weight is 339 g/mol. The van der Waals surface area contributed by atoms with Crippen molar-refractivity contribution in [1.82, 2.24) is 4.90 Å². The lowest BCUT2D eigenvalue weighted by atomic mass is 9.91. The summed E-state index contributed by atoms with van der Waals surface area (Å²) in [6.45, 7) is 1.96. The fourth-order valence-corrected chi connectivity index (χ4v) is 4.16. The molecule has 2 aromatic rings. The molecular formula is C21H25NO3. The van der Waals surface area contributed by atoms with E-state index in [0.29, 0.717) is 6.04 Å². The van der Waals surface area contributed by atoms with Gasteiger partial charge < -0.3 is 14.2 Å². The van der Waals surface area contributed by atoms with Gasteiger partial charge in [0.15, 0.2) is 11.5 Å². The van der Waals surface area contributed by atoms with Gasteiger partial charge in [-0.15, -0.1) is 0 Å². The topological polar surface area (TPSA) is 30.9 Å². The van der Waals surface area contributed by atoms with Crippen molar-refractivity contribution in [1.29, 1.82) is 0 Å².